The third kappa shape index (κ3) is 30.0. The van der Waals surface area contributed by atoms with E-state index in [-0.39, 0.29) is 0 Å². The van der Waals surface area contributed by atoms with Crippen LogP contribution in [0.2, 0.25) is 0 Å². The molecule has 0 saturated heterocycles. The van der Waals surface area contributed by atoms with Crippen molar-refractivity contribution in [1.82, 2.24) is 0 Å². The van der Waals surface area contributed by atoms with Crippen molar-refractivity contribution in [2.45, 2.75) is 6.42 Å². The molecule has 0 aliphatic carbocycles. The van der Waals surface area contributed by atoms with E-state index in [1.165, 1.54) is 6.08 Å². The number of allylic oxidation sites excluding steroid dienone is 1. The number of carboxylic acid groups (broad SMARTS) is 2. The summed E-state index contributed by atoms with van der Waals surface area (Å²) < 4.78 is 0. The Balaban J connectivity index is 0. The molecule has 0 radical (unpaired) electrons. The van der Waals surface area contributed by atoms with Gasteiger partial charge >= 0.3 is 11.9 Å². The van der Waals surface area contributed by atoms with Gasteiger partial charge in [-0.05, 0) is 6.08 Å². The first-order valence-electron chi connectivity index (χ1n) is 2.54. The van der Waals surface area contributed by atoms with Gasteiger partial charge in [0.2, 0.25) is 0 Å². The molecule has 0 amide bonds. The minimum atomic E-state index is -1.31. The topological polar surface area (TPSA) is 91.7 Å². The highest BCUT2D eigenvalue weighted by Gasteiger charge is 2.01. The van der Waals surface area contributed by atoms with Crippen LogP contribution < -0.4 is 0 Å². The monoisotopic (exact) mass is 160 g/mol. The standard InChI is InChI=1S/C3H4O4.C3H4O/c4-2(5)1-3(6)7;1-2-3-4/h1H2,(H,4,5)(H,6,7);2-3H,1H2. The van der Waals surface area contributed by atoms with Crippen LogP contribution in [-0.4, -0.2) is 28.4 Å². The Kier molecular flexibility index (Phi) is 9.16. The molecule has 0 unspecified atom stereocenters. The van der Waals surface area contributed by atoms with Crippen LogP contribution in [0.3, 0.4) is 0 Å². The normalized spacial score (nSPS) is 6.91. The van der Waals surface area contributed by atoms with Gasteiger partial charge in [0.25, 0.3) is 0 Å². The van der Waals surface area contributed by atoms with Crippen LogP contribution in [0.5, 0.6) is 0 Å². The van der Waals surface area contributed by atoms with Gasteiger partial charge in [-0.3, -0.25) is 14.4 Å². The fourth-order valence-corrected chi connectivity index (χ4v) is 0.129. The third-order valence-corrected chi connectivity index (χ3v) is 0.399. The highest BCUT2D eigenvalue weighted by Crippen LogP contribution is 1.74. The summed E-state index contributed by atoms with van der Waals surface area (Å²) in [6.07, 6.45) is 1.03. The van der Waals surface area contributed by atoms with E-state index >= 15 is 0 Å². The van der Waals surface area contributed by atoms with Crippen molar-refractivity contribution in [2.24, 2.45) is 0 Å². The molecular weight excluding hydrogens is 152 g/mol. The Morgan fingerprint density at radius 2 is 1.55 bits per heavy atom. The van der Waals surface area contributed by atoms with Crippen LogP contribution in [0.4, 0.5) is 0 Å². The molecule has 0 saturated carbocycles. The number of carbonyl (C=O) groups excluding carboxylic acids is 1. The zero-order chi connectivity index (χ0) is 9.28. The zero-order valence-corrected chi connectivity index (χ0v) is 5.69. The van der Waals surface area contributed by atoms with Crippen LogP contribution in [0.15, 0.2) is 12.7 Å². The number of carbonyl (C=O) groups is 3. The van der Waals surface area contributed by atoms with Gasteiger partial charge in [0, 0.05) is 0 Å². The molecule has 5 heteroatoms. The summed E-state index contributed by atoms with van der Waals surface area (Å²) in [4.78, 5) is 27.9. The second-order valence-electron chi connectivity index (χ2n) is 1.34. The minimum Gasteiger partial charge on any atom is -0.481 e. The first-order chi connectivity index (χ1) is 5.04. The molecule has 0 aromatic carbocycles. The van der Waals surface area contributed by atoms with Crippen LogP contribution in [0.1, 0.15) is 6.42 Å². The van der Waals surface area contributed by atoms with Gasteiger partial charge in [-0.2, -0.15) is 0 Å². The Bertz CT molecular complexity index is 142. The smallest absolute Gasteiger partial charge is 0.314 e. The van der Waals surface area contributed by atoms with E-state index in [2.05, 4.69) is 6.58 Å². The van der Waals surface area contributed by atoms with Gasteiger partial charge in [-0.25, -0.2) is 0 Å². The Labute approximate surface area is 63.0 Å². The molecular formula is C6H8O5. The number of carboxylic acids is 2. The van der Waals surface area contributed by atoms with E-state index in [1.54, 1.807) is 0 Å². The van der Waals surface area contributed by atoms with E-state index in [4.69, 9.17) is 15.0 Å². The molecule has 11 heavy (non-hydrogen) atoms. The minimum absolute atomic E-state index is 0.639. The van der Waals surface area contributed by atoms with E-state index in [1.807, 2.05) is 0 Å². The molecule has 0 atom stereocenters. The van der Waals surface area contributed by atoms with E-state index < -0.39 is 18.4 Å². The molecule has 0 aliphatic rings. The summed E-state index contributed by atoms with van der Waals surface area (Å²) in [6, 6.07) is 0. The number of hydrogen-bond donors (Lipinski definition) is 2. The molecule has 0 aromatic rings. The van der Waals surface area contributed by atoms with Crippen molar-refractivity contribution in [3.8, 4) is 0 Å². The maximum Gasteiger partial charge on any atom is 0.314 e. The van der Waals surface area contributed by atoms with Gasteiger partial charge in [-0.1, -0.05) is 6.58 Å². The number of hydrogen-bond acceptors (Lipinski definition) is 3. The van der Waals surface area contributed by atoms with Gasteiger partial charge in [0.15, 0.2) is 0 Å². The molecule has 5 nitrogen and oxygen atoms in total. The van der Waals surface area contributed by atoms with Crippen LogP contribution in [-0.2, 0) is 14.4 Å². The summed E-state index contributed by atoms with van der Waals surface area (Å²) in [5.41, 5.74) is 0. The molecule has 0 fully saturated rings. The van der Waals surface area contributed by atoms with Gasteiger partial charge < -0.3 is 10.2 Å². The highest BCUT2D eigenvalue weighted by molar-refractivity contribution is 5.88. The van der Waals surface area contributed by atoms with Crippen molar-refractivity contribution >= 4 is 18.2 Å². The van der Waals surface area contributed by atoms with E-state index in [0.717, 1.165) is 0 Å². The lowest BCUT2D eigenvalue weighted by atomic mass is 10.5. The maximum atomic E-state index is 9.43. The van der Waals surface area contributed by atoms with Gasteiger partial charge in [-0.15, -0.1) is 0 Å². The van der Waals surface area contributed by atoms with Crippen LogP contribution >= 0.6 is 0 Å². The lowest BCUT2D eigenvalue weighted by Gasteiger charge is -1.80. The van der Waals surface area contributed by atoms with E-state index in [0.29, 0.717) is 6.29 Å². The second kappa shape index (κ2) is 8.35. The quantitative estimate of drug-likeness (QED) is 0.342. The molecule has 62 valence electrons. The number of rotatable bonds is 3. The fraction of sp³-hybridized carbons (Fsp3) is 0.167. The summed E-state index contributed by atoms with van der Waals surface area (Å²) in [7, 11) is 0. The SMILES string of the molecule is C=CC=O.O=C(O)CC(=O)O. The predicted octanol–water partition coefficient (Wildman–Crippen LogP) is -0.0830. The first kappa shape index (κ1) is 12.1. The van der Waals surface area contributed by atoms with Crippen molar-refractivity contribution < 1.29 is 24.6 Å². The summed E-state index contributed by atoms with van der Waals surface area (Å²) in [6.45, 7) is 3.11. The Morgan fingerprint density at radius 1 is 1.27 bits per heavy atom. The van der Waals surface area contributed by atoms with Crippen molar-refractivity contribution in [3.05, 3.63) is 12.7 Å². The van der Waals surface area contributed by atoms with Crippen LogP contribution in [0, 0.1) is 0 Å². The van der Waals surface area contributed by atoms with Crippen molar-refractivity contribution in [3.63, 3.8) is 0 Å². The average Bonchev–Trinajstić information content (AvgIpc) is 1.85. The first-order valence-corrected chi connectivity index (χ1v) is 2.54. The lowest BCUT2D eigenvalue weighted by molar-refractivity contribution is -0.147. The van der Waals surface area contributed by atoms with Crippen molar-refractivity contribution in [2.75, 3.05) is 0 Å². The largest absolute Gasteiger partial charge is 0.481 e. The molecule has 0 aliphatic heterocycles. The third-order valence-electron chi connectivity index (χ3n) is 0.399. The predicted molar refractivity (Wildman–Crippen MR) is 36.1 cm³/mol. The van der Waals surface area contributed by atoms with Crippen molar-refractivity contribution in [1.29, 1.82) is 0 Å². The number of aldehydes is 1. The molecule has 0 aromatic heterocycles. The fourth-order valence-electron chi connectivity index (χ4n) is 0.129. The Morgan fingerprint density at radius 3 is 1.55 bits per heavy atom. The average molecular weight is 160 g/mol. The number of aliphatic carboxylic acids is 2. The lowest BCUT2D eigenvalue weighted by Crippen LogP contribution is -2.03. The Hall–Kier alpha value is -1.65. The molecule has 0 heterocycles. The van der Waals surface area contributed by atoms with Crippen LogP contribution in [0.25, 0.3) is 0 Å². The molecule has 0 rings (SSSR count). The molecule has 2 N–H and O–H groups in total. The summed E-state index contributed by atoms with van der Waals surface area (Å²) >= 11 is 0. The van der Waals surface area contributed by atoms with E-state index in [9.17, 15) is 9.59 Å². The zero-order valence-electron chi connectivity index (χ0n) is 5.69. The molecule has 0 spiro atoms. The summed E-state index contributed by atoms with van der Waals surface area (Å²) in [5, 5.41) is 15.4. The highest BCUT2D eigenvalue weighted by atomic mass is 16.4. The summed E-state index contributed by atoms with van der Waals surface area (Å²) in [5.74, 6) is -2.62. The molecule has 0 bridgehead atoms. The second-order valence-corrected chi connectivity index (χ2v) is 1.34. The van der Waals surface area contributed by atoms with Gasteiger partial charge in [0.05, 0.1) is 0 Å². The van der Waals surface area contributed by atoms with Gasteiger partial charge in [0.1, 0.15) is 12.7 Å². The maximum absolute atomic E-state index is 9.43.